The molecule has 0 aliphatic heterocycles. The molecular formula is C16H18N4O. The molecule has 2 aromatic heterocycles. The zero-order valence-corrected chi connectivity index (χ0v) is 12.5. The molecule has 0 saturated heterocycles. The Labute approximate surface area is 122 Å². The number of benzene rings is 1. The van der Waals surface area contributed by atoms with Gasteiger partial charge in [0, 0.05) is 12.2 Å². The van der Waals surface area contributed by atoms with Crippen molar-refractivity contribution in [2.24, 2.45) is 0 Å². The van der Waals surface area contributed by atoms with Gasteiger partial charge in [0.2, 0.25) is 0 Å². The highest BCUT2D eigenvalue weighted by molar-refractivity contribution is 5.80. The van der Waals surface area contributed by atoms with Crippen molar-refractivity contribution in [1.82, 2.24) is 19.7 Å². The first-order valence-electron chi connectivity index (χ1n) is 7.03. The van der Waals surface area contributed by atoms with Crippen molar-refractivity contribution in [3.8, 4) is 0 Å². The average Bonchev–Trinajstić information content (AvgIpc) is 2.78. The monoisotopic (exact) mass is 282 g/mol. The number of nitrogens with one attached hydrogen (secondary N) is 1. The number of aromatic amines is 1. The summed E-state index contributed by atoms with van der Waals surface area (Å²) in [6.07, 6.45) is 2.41. The van der Waals surface area contributed by atoms with Gasteiger partial charge in [0.1, 0.15) is 0 Å². The lowest BCUT2D eigenvalue weighted by Crippen LogP contribution is -2.22. The molecule has 0 radical (unpaired) electrons. The third kappa shape index (κ3) is 2.35. The van der Waals surface area contributed by atoms with E-state index < -0.39 is 0 Å². The molecule has 0 saturated carbocycles. The highest BCUT2D eigenvalue weighted by atomic mass is 16.1. The van der Waals surface area contributed by atoms with Crippen molar-refractivity contribution < 1.29 is 0 Å². The lowest BCUT2D eigenvalue weighted by atomic mass is 10.1. The van der Waals surface area contributed by atoms with Crippen molar-refractivity contribution in [2.45, 2.75) is 33.7 Å². The van der Waals surface area contributed by atoms with Crippen LogP contribution in [0.3, 0.4) is 0 Å². The van der Waals surface area contributed by atoms with Crippen molar-refractivity contribution in [1.29, 1.82) is 0 Å². The lowest BCUT2D eigenvalue weighted by Gasteiger charge is -2.08. The number of para-hydroxylation sites is 1. The maximum Gasteiger partial charge on any atom is 0.261 e. The van der Waals surface area contributed by atoms with E-state index in [-0.39, 0.29) is 5.56 Å². The zero-order valence-electron chi connectivity index (χ0n) is 12.5. The summed E-state index contributed by atoms with van der Waals surface area (Å²) in [4.78, 5) is 16.9. The van der Waals surface area contributed by atoms with Crippen LogP contribution < -0.4 is 5.56 Å². The molecule has 21 heavy (non-hydrogen) atoms. The molecule has 1 N–H and O–H groups in total. The fraction of sp³-hybridized carbons (Fsp3) is 0.312. The minimum atomic E-state index is 0.0162. The summed E-state index contributed by atoms with van der Waals surface area (Å²) in [5, 5.41) is 7.84. The molecular weight excluding hydrogens is 264 g/mol. The van der Waals surface area contributed by atoms with Gasteiger partial charge in [-0.05, 0) is 44.4 Å². The molecule has 0 amide bonds. The lowest BCUT2D eigenvalue weighted by molar-refractivity contribution is 0.659. The molecule has 2 heterocycles. The third-order valence-corrected chi connectivity index (χ3v) is 3.94. The highest BCUT2D eigenvalue weighted by Gasteiger charge is 2.09. The summed E-state index contributed by atoms with van der Waals surface area (Å²) in [5.41, 5.74) is 5.05. The van der Waals surface area contributed by atoms with E-state index in [1.807, 2.05) is 39.0 Å². The molecule has 0 unspecified atom stereocenters. The van der Waals surface area contributed by atoms with Gasteiger partial charge in [0.15, 0.2) is 0 Å². The normalized spacial score (nSPS) is 11.2. The molecule has 3 aromatic rings. The van der Waals surface area contributed by atoms with Gasteiger partial charge < -0.3 is 0 Å². The number of nitrogens with zero attached hydrogens (tertiary/aromatic N) is 3. The number of hydrogen-bond donors (Lipinski definition) is 1. The molecule has 0 atom stereocenters. The van der Waals surface area contributed by atoms with Crippen LogP contribution in [0.25, 0.3) is 10.9 Å². The van der Waals surface area contributed by atoms with Crippen LogP contribution >= 0.6 is 0 Å². The summed E-state index contributed by atoms with van der Waals surface area (Å²) >= 11 is 0. The van der Waals surface area contributed by atoms with E-state index in [0.29, 0.717) is 11.9 Å². The van der Waals surface area contributed by atoms with E-state index >= 15 is 0 Å². The van der Waals surface area contributed by atoms with Crippen LogP contribution in [-0.4, -0.2) is 19.7 Å². The Hall–Kier alpha value is -2.43. The van der Waals surface area contributed by atoms with E-state index in [2.05, 4.69) is 15.2 Å². The van der Waals surface area contributed by atoms with Crippen LogP contribution in [0.5, 0.6) is 0 Å². The molecule has 3 rings (SSSR count). The van der Waals surface area contributed by atoms with E-state index in [9.17, 15) is 4.79 Å². The Morgan fingerprint density at radius 1 is 1.24 bits per heavy atom. The number of hydrogen-bond acceptors (Lipinski definition) is 3. The van der Waals surface area contributed by atoms with Crippen LogP contribution in [0.4, 0.5) is 0 Å². The SMILES string of the molecule is Cc1n[nH]c(C)c1CCn1cnc2c(C)cccc2c1=O. The van der Waals surface area contributed by atoms with Gasteiger partial charge in [0.25, 0.3) is 5.56 Å². The van der Waals surface area contributed by atoms with Crippen LogP contribution in [-0.2, 0) is 13.0 Å². The number of H-pyrrole nitrogens is 1. The van der Waals surface area contributed by atoms with Crippen molar-refractivity contribution in [2.75, 3.05) is 0 Å². The Balaban J connectivity index is 1.95. The quantitative estimate of drug-likeness (QED) is 0.801. The average molecular weight is 282 g/mol. The van der Waals surface area contributed by atoms with Gasteiger partial charge in [-0.3, -0.25) is 14.5 Å². The number of aryl methyl sites for hydroxylation is 4. The Morgan fingerprint density at radius 3 is 2.76 bits per heavy atom. The fourth-order valence-corrected chi connectivity index (χ4v) is 2.67. The molecule has 5 nitrogen and oxygen atoms in total. The van der Waals surface area contributed by atoms with E-state index in [1.54, 1.807) is 10.9 Å². The number of aromatic nitrogens is 4. The summed E-state index contributed by atoms with van der Waals surface area (Å²) < 4.78 is 1.67. The molecule has 108 valence electrons. The van der Waals surface area contributed by atoms with Gasteiger partial charge in [-0.25, -0.2) is 4.98 Å². The summed E-state index contributed by atoms with van der Waals surface area (Å²) in [6, 6.07) is 5.70. The first-order chi connectivity index (χ1) is 10.1. The first-order valence-corrected chi connectivity index (χ1v) is 7.03. The second-order valence-corrected chi connectivity index (χ2v) is 5.38. The van der Waals surface area contributed by atoms with Crippen molar-refractivity contribution in [3.63, 3.8) is 0 Å². The molecule has 0 fully saturated rings. The second kappa shape index (κ2) is 5.16. The molecule has 0 aliphatic carbocycles. The molecule has 0 bridgehead atoms. The predicted molar refractivity (Wildman–Crippen MR) is 82.5 cm³/mol. The van der Waals surface area contributed by atoms with E-state index in [1.165, 1.54) is 5.56 Å². The van der Waals surface area contributed by atoms with Gasteiger partial charge in [-0.2, -0.15) is 5.10 Å². The molecule has 5 heteroatoms. The topological polar surface area (TPSA) is 63.6 Å². The number of rotatable bonds is 3. The van der Waals surface area contributed by atoms with Crippen molar-refractivity contribution in [3.05, 3.63) is 57.4 Å². The summed E-state index contributed by atoms with van der Waals surface area (Å²) in [7, 11) is 0. The second-order valence-electron chi connectivity index (χ2n) is 5.38. The maximum absolute atomic E-state index is 12.5. The predicted octanol–water partition coefficient (Wildman–Crippen LogP) is 2.29. The van der Waals surface area contributed by atoms with Gasteiger partial charge >= 0.3 is 0 Å². The van der Waals surface area contributed by atoms with Gasteiger partial charge in [-0.15, -0.1) is 0 Å². The maximum atomic E-state index is 12.5. The standard InChI is InChI=1S/C16H18N4O/c1-10-5-4-6-14-15(10)17-9-20(16(14)21)8-7-13-11(2)18-19-12(13)3/h4-6,9H,7-8H2,1-3H3,(H,18,19). The molecule has 0 spiro atoms. The Bertz CT molecular complexity index is 841. The Morgan fingerprint density at radius 2 is 2.05 bits per heavy atom. The Kier molecular flexibility index (Phi) is 3.33. The largest absolute Gasteiger partial charge is 0.298 e. The van der Waals surface area contributed by atoms with Gasteiger partial charge in [0.05, 0.1) is 22.9 Å². The van der Waals surface area contributed by atoms with Crippen LogP contribution in [0, 0.1) is 20.8 Å². The minimum Gasteiger partial charge on any atom is -0.298 e. The smallest absolute Gasteiger partial charge is 0.261 e. The van der Waals surface area contributed by atoms with Crippen LogP contribution in [0.15, 0.2) is 29.3 Å². The van der Waals surface area contributed by atoms with Gasteiger partial charge in [-0.1, -0.05) is 12.1 Å². The first kappa shape index (κ1) is 13.5. The van der Waals surface area contributed by atoms with E-state index in [4.69, 9.17) is 0 Å². The highest BCUT2D eigenvalue weighted by Crippen LogP contribution is 2.13. The summed E-state index contributed by atoms with van der Waals surface area (Å²) in [6.45, 7) is 6.55. The van der Waals surface area contributed by atoms with Crippen LogP contribution in [0.2, 0.25) is 0 Å². The minimum absolute atomic E-state index is 0.0162. The third-order valence-electron chi connectivity index (χ3n) is 3.94. The van der Waals surface area contributed by atoms with Crippen molar-refractivity contribution >= 4 is 10.9 Å². The fourth-order valence-electron chi connectivity index (χ4n) is 2.67. The zero-order chi connectivity index (χ0) is 15.0. The summed E-state index contributed by atoms with van der Waals surface area (Å²) in [5.74, 6) is 0. The van der Waals surface area contributed by atoms with E-state index in [0.717, 1.165) is 28.9 Å². The molecule has 1 aromatic carbocycles. The van der Waals surface area contributed by atoms with Crippen LogP contribution in [0.1, 0.15) is 22.5 Å². The number of fused-ring (bicyclic) bond motifs is 1. The molecule has 0 aliphatic rings.